The van der Waals surface area contributed by atoms with E-state index >= 15 is 0 Å². The Balaban J connectivity index is 1.82. The lowest BCUT2D eigenvalue weighted by atomic mass is 9.96. The molecule has 0 aromatic heterocycles. The van der Waals surface area contributed by atoms with Crippen LogP contribution in [0.4, 0.5) is 0 Å². The van der Waals surface area contributed by atoms with Crippen LogP contribution >= 0.6 is 0 Å². The van der Waals surface area contributed by atoms with Crippen LogP contribution < -0.4 is 15.4 Å². The zero-order valence-electron chi connectivity index (χ0n) is 14.6. The molecule has 2 N–H and O–H groups in total. The number of ether oxygens (including phenoxy) is 1. The first-order valence-electron chi connectivity index (χ1n) is 8.80. The predicted octanol–water partition coefficient (Wildman–Crippen LogP) is 3.29. The number of hydrogen-bond acceptors (Lipinski definition) is 3. The molecule has 4 heteroatoms. The minimum Gasteiger partial charge on any atom is -0.494 e. The van der Waals surface area contributed by atoms with Crippen LogP contribution in [0, 0.1) is 11.8 Å². The van der Waals surface area contributed by atoms with Crippen molar-refractivity contribution >= 4 is 5.91 Å². The molecular weight excluding hydrogens is 288 g/mol. The Labute approximate surface area is 140 Å². The SMILES string of the molecule is CC(C)CCOc1ccc(C(C)NC(=O)C2CCNCC2)cc1. The molecule has 1 aliphatic heterocycles. The van der Waals surface area contributed by atoms with Gasteiger partial charge in [-0.3, -0.25) is 4.79 Å². The zero-order valence-corrected chi connectivity index (χ0v) is 14.6. The molecule has 0 spiro atoms. The van der Waals surface area contributed by atoms with Crippen LogP contribution in [0.3, 0.4) is 0 Å². The van der Waals surface area contributed by atoms with Crippen molar-refractivity contribution in [1.29, 1.82) is 0 Å². The number of piperidine rings is 1. The van der Waals surface area contributed by atoms with Gasteiger partial charge in [0.2, 0.25) is 5.91 Å². The van der Waals surface area contributed by atoms with Crippen molar-refractivity contribution in [3.05, 3.63) is 29.8 Å². The Hall–Kier alpha value is -1.55. The fourth-order valence-corrected chi connectivity index (χ4v) is 2.76. The highest BCUT2D eigenvalue weighted by molar-refractivity contribution is 5.79. The summed E-state index contributed by atoms with van der Waals surface area (Å²) in [6.07, 6.45) is 2.92. The number of benzene rings is 1. The second kappa shape index (κ2) is 8.92. The summed E-state index contributed by atoms with van der Waals surface area (Å²) < 4.78 is 5.73. The van der Waals surface area contributed by atoms with Crippen molar-refractivity contribution in [2.45, 2.75) is 46.1 Å². The van der Waals surface area contributed by atoms with Crippen molar-refractivity contribution in [1.82, 2.24) is 10.6 Å². The van der Waals surface area contributed by atoms with Crippen LogP contribution in [0.15, 0.2) is 24.3 Å². The van der Waals surface area contributed by atoms with Gasteiger partial charge in [-0.1, -0.05) is 26.0 Å². The van der Waals surface area contributed by atoms with E-state index in [0.29, 0.717) is 5.92 Å². The Morgan fingerprint density at radius 1 is 1.22 bits per heavy atom. The van der Waals surface area contributed by atoms with Crippen LogP contribution in [0.1, 0.15) is 51.6 Å². The van der Waals surface area contributed by atoms with Crippen molar-refractivity contribution in [2.24, 2.45) is 11.8 Å². The molecule has 1 amide bonds. The fourth-order valence-electron chi connectivity index (χ4n) is 2.76. The van der Waals surface area contributed by atoms with Crippen molar-refractivity contribution in [3.8, 4) is 5.75 Å². The molecule has 4 nitrogen and oxygen atoms in total. The topological polar surface area (TPSA) is 50.4 Å². The Morgan fingerprint density at radius 3 is 2.48 bits per heavy atom. The molecule has 1 aliphatic rings. The van der Waals surface area contributed by atoms with Gasteiger partial charge in [0.15, 0.2) is 0 Å². The first kappa shape index (κ1) is 17.8. The molecule has 0 bridgehead atoms. The number of rotatable bonds is 7. The number of carbonyl (C=O) groups is 1. The highest BCUT2D eigenvalue weighted by Crippen LogP contribution is 2.20. The molecule has 1 heterocycles. The first-order chi connectivity index (χ1) is 11.1. The maximum absolute atomic E-state index is 12.3. The third kappa shape index (κ3) is 5.87. The van der Waals surface area contributed by atoms with Crippen LogP contribution in [-0.2, 0) is 4.79 Å². The molecule has 1 fully saturated rings. The van der Waals surface area contributed by atoms with E-state index in [4.69, 9.17) is 4.74 Å². The molecule has 128 valence electrons. The molecule has 1 aromatic rings. The summed E-state index contributed by atoms with van der Waals surface area (Å²) in [5.74, 6) is 1.87. The second-order valence-electron chi connectivity index (χ2n) is 6.85. The maximum Gasteiger partial charge on any atom is 0.223 e. The Morgan fingerprint density at radius 2 is 1.87 bits per heavy atom. The molecule has 1 unspecified atom stereocenters. The normalized spacial score (nSPS) is 17.0. The summed E-state index contributed by atoms with van der Waals surface area (Å²) in [6, 6.07) is 8.09. The van der Waals surface area contributed by atoms with Gasteiger partial charge in [-0.2, -0.15) is 0 Å². The van der Waals surface area contributed by atoms with Crippen LogP contribution in [0.5, 0.6) is 5.75 Å². The standard InChI is InChI=1S/C19H30N2O2/c1-14(2)10-13-23-18-6-4-16(5-7-18)15(3)21-19(22)17-8-11-20-12-9-17/h4-7,14-15,17,20H,8-13H2,1-3H3,(H,21,22). The number of amides is 1. The van der Waals surface area contributed by atoms with Crippen LogP contribution in [-0.4, -0.2) is 25.6 Å². The molecule has 23 heavy (non-hydrogen) atoms. The van der Waals surface area contributed by atoms with E-state index in [0.717, 1.165) is 50.3 Å². The number of hydrogen-bond donors (Lipinski definition) is 2. The monoisotopic (exact) mass is 318 g/mol. The van der Waals surface area contributed by atoms with E-state index in [2.05, 4.69) is 24.5 Å². The van der Waals surface area contributed by atoms with Gasteiger partial charge in [-0.25, -0.2) is 0 Å². The molecule has 0 saturated carbocycles. The Kier molecular flexibility index (Phi) is 6.90. The van der Waals surface area contributed by atoms with Gasteiger partial charge < -0.3 is 15.4 Å². The highest BCUT2D eigenvalue weighted by atomic mass is 16.5. The molecule has 0 aliphatic carbocycles. The van der Waals surface area contributed by atoms with Gasteiger partial charge in [0.1, 0.15) is 5.75 Å². The number of carbonyl (C=O) groups excluding carboxylic acids is 1. The summed E-state index contributed by atoms with van der Waals surface area (Å²) in [6.45, 7) is 9.05. The summed E-state index contributed by atoms with van der Waals surface area (Å²) in [4.78, 5) is 12.3. The van der Waals surface area contributed by atoms with Gasteiger partial charge in [0.05, 0.1) is 12.6 Å². The van der Waals surface area contributed by atoms with Gasteiger partial charge in [-0.05, 0) is 62.9 Å². The quantitative estimate of drug-likeness (QED) is 0.811. The third-order valence-electron chi connectivity index (χ3n) is 4.41. The van der Waals surface area contributed by atoms with E-state index in [1.54, 1.807) is 0 Å². The summed E-state index contributed by atoms with van der Waals surface area (Å²) >= 11 is 0. The lowest BCUT2D eigenvalue weighted by molar-refractivity contribution is -0.126. The van der Waals surface area contributed by atoms with Crippen molar-refractivity contribution < 1.29 is 9.53 Å². The van der Waals surface area contributed by atoms with Crippen molar-refractivity contribution in [3.63, 3.8) is 0 Å². The van der Waals surface area contributed by atoms with Crippen LogP contribution in [0.2, 0.25) is 0 Å². The van der Waals surface area contributed by atoms with E-state index in [9.17, 15) is 4.79 Å². The Bertz CT molecular complexity index is 479. The smallest absolute Gasteiger partial charge is 0.223 e. The average Bonchev–Trinajstić information content (AvgIpc) is 2.56. The largest absolute Gasteiger partial charge is 0.494 e. The van der Waals surface area contributed by atoms with Gasteiger partial charge in [0, 0.05) is 5.92 Å². The summed E-state index contributed by atoms with van der Waals surface area (Å²) in [5.41, 5.74) is 1.11. The fraction of sp³-hybridized carbons (Fsp3) is 0.632. The lowest BCUT2D eigenvalue weighted by Crippen LogP contribution is -2.39. The lowest BCUT2D eigenvalue weighted by Gasteiger charge is -2.24. The second-order valence-corrected chi connectivity index (χ2v) is 6.85. The number of nitrogens with one attached hydrogen (secondary N) is 2. The van der Waals surface area contributed by atoms with Crippen molar-refractivity contribution in [2.75, 3.05) is 19.7 Å². The summed E-state index contributed by atoms with van der Waals surface area (Å²) in [5, 5.41) is 6.43. The molecule has 0 radical (unpaired) electrons. The van der Waals surface area contributed by atoms with E-state index in [-0.39, 0.29) is 17.9 Å². The average molecular weight is 318 g/mol. The van der Waals surface area contributed by atoms with Gasteiger partial charge in [-0.15, -0.1) is 0 Å². The molecular formula is C19H30N2O2. The first-order valence-corrected chi connectivity index (χ1v) is 8.80. The van der Waals surface area contributed by atoms with E-state index in [1.165, 1.54) is 0 Å². The van der Waals surface area contributed by atoms with Crippen LogP contribution in [0.25, 0.3) is 0 Å². The van der Waals surface area contributed by atoms with E-state index < -0.39 is 0 Å². The van der Waals surface area contributed by atoms with E-state index in [1.807, 2.05) is 31.2 Å². The molecule has 2 rings (SSSR count). The molecule has 1 saturated heterocycles. The maximum atomic E-state index is 12.3. The summed E-state index contributed by atoms with van der Waals surface area (Å²) in [7, 11) is 0. The molecule has 1 aromatic carbocycles. The molecule has 1 atom stereocenters. The van der Waals surface area contributed by atoms with Gasteiger partial charge >= 0.3 is 0 Å². The highest BCUT2D eigenvalue weighted by Gasteiger charge is 2.22. The minimum atomic E-state index is 0.0297. The van der Waals surface area contributed by atoms with Gasteiger partial charge in [0.25, 0.3) is 0 Å². The zero-order chi connectivity index (χ0) is 16.7. The minimum absolute atomic E-state index is 0.0297. The third-order valence-corrected chi connectivity index (χ3v) is 4.41. The predicted molar refractivity (Wildman–Crippen MR) is 93.5 cm³/mol.